The summed E-state index contributed by atoms with van der Waals surface area (Å²) in [5, 5.41) is 9.87. The third-order valence-corrected chi connectivity index (χ3v) is 12.5. The van der Waals surface area contributed by atoms with Gasteiger partial charge in [0.1, 0.15) is 6.10 Å². The van der Waals surface area contributed by atoms with E-state index in [4.69, 9.17) is 17.7 Å². The van der Waals surface area contributed by atoms with Crippen LogP contribution in [0.5, 0.6) is 0 Å². The zero-order valence-electron chi connectivity index (χ0n) is 16.4. The topological polar surface area (TPSA) is 57.2 Å². The lowest BCUT2D eigenvalue weighted by atomic mass is 10.4. The normalized spacial score (nSPS) is 15.0. The van der Waals surface area contributed by atoms with Crippen LogP contribution in [0.4, 0.5) is 0 Å². The van der Waals surface area contributed by atoms with E-state index in [-0.39, 0.29) is 6.61 Å². The van der Waals surface area contributed by atoms with Crippen LogP contribution in [0.3, 0.4) is 0 Å². The van der Waals surface area contributed by atoms with Crippen molar-refractivity contribution in [2.45, 2.75) is 71.7 Å². The molecule has 0 rings (SSSR count). The van der Waals surface area contributed by atoms with Gasteiger partial charge in [0.15, 0.2) is 16.6 Å². The first kappa shape index (κ1) is 23.5. The summed E-state index contributed by atoms with van der Waals surface area (Å²) in [6, 6.07) is 0.934. The van der Waals surface area contributed by atoms with Crippen LogP contribution in [-0.2, 0) is 17.7 Å². The Morgan fingerprint density at radius 1 is 0.826 bits per heavy atom. The highest BCUT2D eigenvalue weighted by molar-refractivity contribution is 6.88. The second-order valence-electron chi connectivity index (χ2n) is 7.92. The van der Waals surface area contributed by atoms with Gasteiger partial charge in [-0.2, -0.15) is 0 Å². The summed E-state index contributed by atoms with van der Waals surface area (Å²) in [5.74, 6) is 0. The molecule has 0 spiro atoms. The highest BCUT2D eigenvalue weighted by Gasteiger charge is 2.44. The Bertz CT molecular complexity index is 299. The van der Waals surface area contributed by atoms with E-state index in [1.54, 1.807) is 0 Å². The third-order valence-electron chi connectivity index (χ3n) is 2.76. The number of hydrogen-bond donors (Lipinski definition) is 1. The molecule has 0 saturated carbocycles. The monoisotopic (exact) mass is 382 g/mol. The summed E-state index contributed by atoms with van der Waals surface area (Å²) in [7, 11) is -5.89. The van der Waals surface area contributed by atoms with Crippen molar-refractivity contribution in [3.8, 4) is 0 Å². The largest absolute Gasteiger partial charge is 0.435 e. The van der Waals surface area contributed by atoms with E-state index in [2.05, 4.69) is 46.2 Å². The van der Waals surface area contributed by atoms with Gasteiger partial charge in [-0.1, -0.05) is 13.3 Å². The standard InChI is InChI=1S/C15H38O5Si3/c1-9-11-23(19-21(3,4)5,20-22(6,7)8)14-18-13-15(16)12-17-10-2/h15-16H,9-14H2,1-8H3. The van der Waals surface area contributed by atoms with Gasteiger partial charge in [0.2, 0.25) is 0 Å². The van der Waals surface area contributed by atoms with Crippen molar-refractivity contribution < 1.29 is 22.8 Å². The molecule has 1 unspecified atom stereocenters. The van der Waals surface area contributed by atoms with Crippen LogP contribution < -0.4 is 0 Å². The maximum Gasteiger partial charge on any atom is 0.344 e. The number of hydrogen-bond acceptors (Lipinski definition) is 5. The van der Waals surface area contributed by atoms with Crippen molar-refractivity contribution in [1.82, 2.24) is 0 Å². The second-order valence-corrected chi connectivity index (χ2v) is 20.6. The van der Waals surface area contributed by atoms with Crippen molar-refractivity contribution in [3.05, 3.63) is 0 Å². The van der Waals surface area contributed by atoms with Gasteiger partial charge in [-0.05, 0) is 52.2 Å². The molecular weight excluding hydrogens is 344 g/mol. The molecule has 23 heavy (non-hydrogen) atoms. The molecule has 140 valence electrons. The van der Waals surface area contributed by atoms with E-state index >= 15 is 0 Å². The molecule has 0 bridgehead atoms. The van der Waals surface area contributed by atoms with Crippen LogP contribution in [0.15, 0.2) is 0 Å². The molecule has 1 atom stereocenters. The predicted molar refractivity (Wildman–Crippen MR) is 103 cm³/mol. The molecule has 5 nitrogen and oxygen atoms in total. The minimum absolute atomic E-state index is 0.266. The SMILES string of the molecule is CCC[Si](COCC(O)COCC)(O[Si](C)(C)C)O[Si](C)(C)C. The molecule has 0 saturated heterocycles. The van der Waals surface area contributed by atoms with Gasteiger partial charge in [-0.3, -0.25) is 0 Å². The molecule has 0 amide bonds. The zero-order chi connectivity index (χ0) is 18.1. The number of aliphatic hydroxyl groups excluding tert-OH is 1. The Labute approximate surface area is 146 Å². The smallest absolute Gasteiger partial charge is 0.344 e. The van der Waals surface area contributed by atoms with Crippen LogP contribution in [0, 0.1) is 0 Å². The van der Waals surface area contributed by atoms with E-state index in [9.17, 15) is 5.11 Å². The molecule has 0 heterocycles. The minimum atomic E-state index is -2.42. The predicted octanol–water partition coefficient (Wildman–Crippen LogP) is 3.49. The molecule has 0 aromatic heterocycles. The summed E-state index contributed by atoms with van der Waals surface area (Å²) in [4.78, 5) is 0. The van der Waals surface area contributed by atoms with Crippen molar-refractivity contribution in [2.24, 2.45) is 0 Å². The molecule has 8 heteroatoms. The maximum atomic E-state index is 9.87. The number of ether oxygens (including phenoxy) is 2. The Morgan fingerprint density at radius 3 is 1.70 bits per heavy atom. The van der Waals surface area contributed by atoms with Gasteiger partial charge < -0.3 is 22.8 Å². The first-order valence-corrected chi connectivity index (χ1v) is 17.7. The van der Waals surface area contributed by atoms with Gasteiger partial charge in [0.05, 0.1) is 19.4 Å². The lowest BCUT2D eigenvalue weighted by Gasteiger charge is -2.40. The second kappa shape index (κ2) is 10.4. The zero-order valence-corrected chi connectivity index (χ0v) is 19.4. The molecule has 0 aromatic carbocycles. The molecule has 0 aliphatic carbocycles. The van der Waals surface area contributed by atoms with Crippen molar-refractivity contribution in [3.63, 3.8) is 0 Å². The van der Waals surface area contributed by atoms with Crippen molar-refractivity contribution in [1.29, 1.82) is 0 Å². The van der Waals surface area contributed by atoms with Crippen LogP contribution in [0.25, 0.3) is 0 Å². The minimum Gasteiger partial charge on any atom is -0.435 e. The fraction of sp³-hybridized carbons (Fsp3) is 1.00. The van der Waals surface area contributed by atoms with Gasteiger partial charge >= 0.3 is 8.56 Å². The van der Waals surface area contributed by atoms with E-state index < -0.39 is 31.3 Å². The Hall–Kier alpha value is 0.451. The average Bonchev–Trinajstić information content (AvgIpc) is 2.32. The first-order valence-electron chi connectivity index (χ1n) is 8.67. The summed E-state index contributed by atoms with van der Waals surface area (Å²) in [6.45, 7) is 18.4. The molecule has 0 aliphatic rings. The fourth-order valence-corrected chi connectivity index (χ4v) is 14.5. The number of aliphatic hydroxyl groups is 1. The molecule has 1 N–H and O–H groups in total. The van der Waals surface area contributed by atoms with Crippen LogP contribution >= 0.6 is 0 Å². The molecule has 0 radical (unpaired) electrons. The number of rotatable bonds is 13. The average molecular weight is 383 g/mol. The van der Waals surface area contributed by atoms with Crippen LogP contribution in [-0.4, -0.2) is 62.5 Å². The Kier molecular flexibility index (Phi) is 10.6. The van der Waals surface area contributed by atoms with Gasteiger partial charge in [0.25, 0.3) is 0 Å². The Balaban J connectivity index is 4.87. The highest BCUT2D eigenvalue weighted by atomic mass is 28.5. The Morgan fingerprint density at radius 2 is 1.30 bits per heavy atom. The van der Waals surface area contributed by atoms with E-state index in [1.807, 2.05) is 6.92 Å². The van der Waals surface area contributed by atoms with E-state index in [0.29, 0.717) is 19.4 Å². The summed E-state index contributed by atoms with van der Waals surface area (Å²) >= 11 is 0. The summed E-state index contributed by atoms with van der Waals surface area (Å²) in [5.41, 5.74) is 0. The van der Waals surface area contributed by atoms with Gasteiger partial charge in [-0.25, -0.2) is 0 Å². The molecule has 0 aromatic rings. The molecular formula is C15H38O5Si3. The quantitative estimate of drug-likeness (QED) is 0.494. The van der Waals surface area contributed by atoms with Crippen LogP contribution in [0.2, 0.25) is 45.3 Å². The molecule has 0 fully saturated rings. The van der Waals surface area contributed by atoms with Crippen molar-refractivity contribution >= 4 is 25.2 Å². The highest BCUT2D eigenvalue weighted by Crippen LogP contribution is 2.26. The third kappa shape index (κ3) is 12.5. The maximum absolute atomic E-state index is 9.87. The van der Waals surface area contributed by atoms with Crippen molar-refractivity contribution in [2.75, 3.05) is 26.1 Å². The van der Waals surface area contributed by atoms with Gasteiger partial charge in [0, 0.05) is 6.61 Å². The first-order chi connectivity index (χ1) is 10.4. The van der Waals surface area contributed by atoms with E-state index in [0.717, 1.165) is 12.5 Å². The molecule has 0 aliphatic heterocycles. The lowest BCUT2D eigenvalue weighted by molar-refractivity contribution is -0.0108. The lowest BCUT2D eigenvalue weighted by Crippen LogP contribution is -2.58. The fourth-order valence-electron chi connectivity index (χ4n) is 2.40. The summed E-state index contributed by atoms with van der Waals surface area (Å²) < 4.78 is 24.2. The summed E-state index contributed by atoms with van der Waals surface area (Å²) in [6.07, 6.45) is 0.909. The van der Waals surface area contributed by atoms with Crippen LogP contribution in [0.1, 0.15) is 20.3 Å². The van der Waals surface area contributed by atoms with Gasteiger partial charge in [-0.15, -0.1) is 0 Å². The van der Waals surface area contributed by atoms with E-state index in [1.165, 1.54) is 0 Å².